The molecule has 0 aliphatic heterocycles. The van der Waals surface area contributed by atoms with Crippen LogP contribution in [0.4, 0.5) is 0 Å². The molecule has 2 rings (SSSR count). The van der Waals surface area contributed by atoms with E-state index in [0.29, 0.717) is 0 Å². The van der Waals surface area contributed by atoms with E-state index in [9.17, 15) is 91.4 Å². The Hall–Kier alpha value is -0.430. The number of hydrogen-bond acceptors (Lipinski definition) is 16. The minimum atomic E-state index is -6.12. The van der Waals surface area contributed by atoms with Crippen molar-refractivity contribution in [3.05, 3.63) is 23.0 Å². The summed E-state index contributed by atoms with van der Waals surface area (Å²) in [5, 5.41) is 19.6. The monoisotopic (exact) mass is 811 g/mol. The second-order valence-corrected chi connectivity index (χ2v) is 16.3. The van der Waals surface area contributed by atoms with Crippen molar-refractivity contribution in [1.29, 1.82) is 0 Å². The molecule has 1 fully saturated rings. The SMILES string of the molecule is Cc1ncc(COP(=O)(O)OC2[C@@H](OP(=O)(O)O)[C@H](OP(=O)(O)O)C(OP(=O)(O)O)[C@H](OP(=O)(O)O)[C@@H]2OP(=O)(O)O)c(CO)c1O. The quantitative estimate of drug-likeness (QED) is 0.0802. The molecule has 1 heterocycles. The lowest BCUT2D eigenvalue weighted by Gasteiger charge is -2.48. The van der Waals surface area contributed by atoms with Crippen molar-refractivity contribution >= 4 is 46.9 Å². The predicted molar refractivity (Wildman–Crippen MR) is 141 cm³/mol. The zero-order chi connectivity index (χ0) is 36.6. The Balaban J connectivity index is 2.82. The molecule has 13 N–H and O–H groups in total. The number of phosphoric ester groups is 6. The van der Waals surface area contributed by atoms with E-state index in [1.165, 1.54) is 6.92 Å². The van der Waals surface area contributed by atoms with Crippen LogP contribution in [0.2, 0.25) is 0 Å². The van der Waals surface area contributed by atoms with Gasteiger partial charge in [-0.2, -0.15) is 0 Å². The zero-order valence-electron chi connectivity index (χ0n) is 22.7. The molecular formula is C14H27NO26P6. The lowest BCUT2D eigenvalue weighted by molar-refractivity contribution is -0.202. The van der Waals surface area contributed by atoms with Crippen LogP contribution in [0.5, 0.6) is 5.75 Å². The minimum absolute atomic E-state index is 0.0300. The maximum atomic E-state index is 13.0. The first-order chi connectivity index (χ1) is 20.9. The zero-order valence-corrected chi connectivity index (χ0v) is 28.1. The minimum Gasteiger partial charge on any atom is -0.506 e. The smallest absolute Gasteiger partial charge is 0.472 e. The summed E-state index contributed by atoms with van der Waals surface area (Å²) in [4.78, 5) is 108. The highest BCUT2D eigenvalue weighted by atomic mass is 31.2. The molecule has 7 atom stereocenters. The van der Waals surface area contributed by atoms with Gasteiger partial charge in [-0.05, 0) is 6.92 Å². The van der Waals surface area contributed by atoms with Gasteiger partial charge in [-0.3, -0.25) is 36.7 Å². The molecule has 47 heavy (non-hydrogen) atoms. The second kappa shape index (κ2) is 15.4. The van der Waals surface area contributed by atoms with Crippen LogP contribution < -0.4 is 0 Å². The summed E-state index contributed by atoms with van der Waals surface area (Å²) in [5.41, 5.74) is -0.663. The van der Waals surface area contributed by atoms with E-state index in [1.54, 1.807) is 0 Å². The van der Waals surface area contributed by atoms with Crippen molar-refractivity contribution in [3.8, 4) is 5.75 Å². The summed E-state index contributed by atoms with van der Waals surface area (Å²) >= 11 is 0. The highest BCUT2D eigenvalue weighted by molar-refractivity contribution is 7.48. The molecule has 0 bridgehead atoms. The number of aliphatic hydroxyl groups excluding tert-OH is 1. The molecule has 1 aromatic heterocycles. The van der Waals surface area contributed by atoms with Crippen molar-refractivity contribution in [3.63, 3.8) is 0 Å². The van der Waals surface area contributed by atoms with Crippen LogP contribution in [-0.2, 0) is 72.3 Å². The fraction of sp³-hybridized carbons (Fsp3) is 0.643. The van der Waals surface area contributed by atoms with E-state index >= 15 is 0 Å². The molecule has 0 aromatic carbocycles. The van der Waals surface area contributed by atoms with Crippen molar-refractivity contribution in [1.82, 2.24) is 4.98 Å². The van der Waals surface area contributed by atoms with Crippen LogP contribution in [0.3, 0.4) is 0 Å². The van der Waals surface area contributed by atoms with E-state index in [-0.39, 0.29) is 16.8 Å². The van der Waals surface area contributed by atoms with Crippen LogP contribution in [0, 0.1) is 6.92 Å². The molecule has 3 unspecified atom stereocenters. The fourth-order valence-corrected chi connectivity index (χ4v) is 7.65. The van der Waals surface area contributed by atoms with Crippen LogP contribution in [-0.4, -0.2) is 106 Å². The van der Waals surface area contributed by atoms with E-state index in [4.69, 9.17) is 4.52 Å². The van der Waals surface area contributed by atoms with Gasteiger partial charge in [0.1, 0.15) is 42.4 Å². The van der Waals surface area contributed by atoms with Gasteiger partial charge in [0.2, 0.25) is 0 Å². The van der Waals surface area contributed by atoms with Crippen molar-refractivity contribution in [2.75, 3.05) is 0 Å². The van der Waals surface area contributed by atoms with Crippen LogP contribution >= 0.6 is 46.9 Å². The maximum absolute atomic E-state index is 13.0. The molecule has 274 valence electrons. The standard InChI is InChI=1S/C14H27NO26P6/c1-5-8(17)7(3-16)6(2-15-5)4-35-47(33,34)41-14-12(39-45(27,28)29)10(37-43(21,22)23)9(36-42(18,19)20)11(38-44(24,25)26)13(14)40-46(30,31)32/h2,9-14,16-17H,3-4H2,1H3,(H,33,34)(H2,18,19,20)(H2,21,22,23)(H2,24,25,26)(H2,27,28,29)(H2,30,31,32)/t9?,10-,11+,12-,13-,14?/m0/s1. The molecule has 0 radical (unpaired) electrons. The normalized spacial score (nSPS) is 26.2. The lowest BCUT2D eigenvalue weighted by atomic mass is 9.85. The highest BCUT2D eigenvalue weighted by Gasteiger charge is 2.63. The topological polar surface area (TPSA) is 443 Å². The summed E-state index contributed by atoms with van der Waals surface area (Å²) in [7, 11) is -36.5. The summed E-state index contributed by atoms with van der Waals surface area (Å²) < 4.78 is 103. The molecule has 27 nitrogen and oxygen atoms in total. The van der Waals surface area contributed by atoms with E-state index in [0.717, 1.165) is 6.20 Å². The van der Waals surface area contributed by atoms with Gasteiger partial charge in [0.25, 0.3) is 0 Å². The molecular weight excluding hydrogens is 784 g/mol. The van der Waals surface area contributed by atoms with E-state index in [1.807, 2.05) is 0 Å². The van der Waals surface area contributed by atoms with Gasteiger partial charge < -0.3 is 64.0 Å². The van der Waals surface area contributed by atoms with Crippen molar-refractivity contribution < 1.29 is 123 Å². The molecule has 0 spiro atoms. The van der Waals surface area contributed by atoms with Crippen LogP contribution in [0.25, 0.3) is 0 Å². The number of nitrogens with zero attached hydrogens (tertiary/aromatic N) is 1. The largest absolute Gasteiger partial charge is 0.506 e. The third kappa shape index (κ3) is 14.0. The number of aliphatic hydroxyl groups is 1. The van der Waals surface area contributed by atoms with Crippen molar-refractivity contribution in [2.24, 2.45) is 0 Å². The Morgan fingerprint density at radius 3 is 1.17 bits per heavy atom. The first-order valence-electron chi connectivity index (χ1n) is 11.5. The highest BCUT2D eigenvalue weighted by Crippen LogP contribution is 2.58. The van der Waals surface area contributed by atoms with Gasteiger partial charge >= 0.3 is 46.9 Å². The van der Waals surface area contributed by atoms with Gasteiger partial charge in [-0.15, -0.1) is 0 Å². The predicted octanol–water partition coefficient (Wildman–Crippen LogP) is -2.01. The Labute approximate surface area is 260 Å². The van der Waals surface area contributed by atoms with Gasteiger partial charge in [-0.1, -0.05) is 0 Å². The summed E-state index contributed by atoms with van der Waals surface area (Å²) in [6, 6.07) is 0. The lowest BCUT2D eigenvalue weighted by Crippen LogP contribution is -2.66. The van der Waals surface area contributed by atoms with Crippen LogP contribution in [0.15, 0.2) is 6.20 Å². The molecule has 0 saturated heterocycles. The third-order valence-electron chi connectivity index (χ3n) is 5.46. The average Bonchev–Trinajstić information content (AvgIpc) is 2.83. The average molecular weight is 811 g/mol. The van der Waals surface area contributed by atoms with Crippen LogP contribution in [0.1, 0.15) is 16.8 Å². The fourth-order valence-electron chi connectivity index (χ4n) is 3.95. The third-order valence-corrected chi connectivity index (χ3v) is 9.02. The van der Waals surface area contributed by atoms with Crippen molar-refractivity contribution in [2.45, 2.75) is 56.8 Å². The van der Waals surface area contributed by atoms with Gasteiger partial charge in [0.05, 0.1) is 18.9 Å². The van der Waals surface area contributed by atoms with E-state index in [2.05, 4.69) is 32.1 Å². The Morgan fingerprint density at radius 2 is 0.894 bits per heavy atom. The molecule has 0 amide bonds. The summed E-state index contributed by atoms with van der Waals surface area (Å²) in [6.45, 7) is -0.756. The summed E-state index contributed by atoms with van der Waals surface area (Å²) in [5.74, 6) is -0.606. The second-order valence-electron chi connectivity index (χ2n) is 8.97. The van der Waals surface area contributed by atoms with Gasteiger partial charge in [0.15, 0.2) is 0 Å². The molecule has 1 aliphatic rings. The number of rotatable bonds is 16. The number of pyridine rings is 1. The molecule has 33 heteroatoms. The first-order valence-corrected chi connectivity index (χ1v) is 20.7. The first kappa shape index (κ1) is 42.7. The Kier molecular flexibility index (Phi) is 14.0. The van der Waals surface area contributed by atoms with Gasteiger partial charge in [0, 0.05) is 17.3 Å². The maximum Gasteiger partial charge on any atom is 0.472 e. The van der Waals surface area contributed by atoms with Gasteiger partial charge in [-0.25, -0.2) is 27.4 Å². The number of aromatic nitrogens is 1. The number of aryl methyl sites for hydroxylation is 1. The summed E-state index contributed by atoms with van der Waals surface area (Å²) in [6.07, 6.45) is -18.3. The molecule has 1 aromatic rings. The molecule has 1 aliphatic carbocycles. The Morgan fingerprint density at radius 1 is 0.596 bits per heavy atom. The number of phosphoric acid groups is 6. The number of aromatic hydroxyl groups is 1. The number of hydrogen-bond donors (Lipinski definition) is 13. The Bertz CT molecular complexity index is 1490. The molecule has 1 saturated carbocycles. The van der Waals surface area contributed by atoms with E-state index < -0.39 is 103 Å².